The molecule has 4 aromatic rings. The maximum atomic E-state index is 12.7. The predicted octanol–water partition coefficient (Wildman–Crippen LogP) is 4.17. The van der Waals surface area contributed by atoms with Gasteiger partial charge in [0.2, 0.25) is 5.91 Å². The van der Waals surface area contributed by atoms with E-state index in [0.717, 1.165) is 41.5 Å². The summed E-state index contributed by atoms with van der Waals surface area (Å²) < 4.78 is 0. The van der Waals surface area contributed by atoms with Crippen LogP contribution in [0, 0.1) is 0 Å². The second-order valence-corrected chi connectivity index (χ2v) is 9.36. The van der Waals surface area contributed by atoms with Crippen LogP contribution in [0.15, 0.2) is 59.4 Å². The summed E-state index contributed by atoms with van der Waals surface area (Å²) in [6.45, 7) is 1.49. The van der Waals surface area contributed by atoms with Crippen LogP contribution in [0.1, 0.15) is 42.4 Å². The number of likely N-dealkylation sites (tertiary alicyclic amines) is 1. The third kappa shape index (κ3) is 4.85. The number of piperidine rings is 1. The number of aryl methyl sites for hydroxylation is 1. The SMILES string of the molecule is O=C(CCCc1nc2ccccc2c(=O)[nH]1)N1CCC(c2nnc(-c3ccccc3)s2)CC1. The number of hydrogen-bond donors (Lipinski definition) is 1. The van der Waals surface area contributed by atoms with Gasteiger partial charge in [-0.25, -0.2) is 4.98 Å². The molecule has 1 aliphatic heterocycles. The molecule has 0 spiro atoms. The molecule has 2 aromatic carbocycles. The summed E-state index contributed by atoms with van der Waals surface area (Å²) in [5.74, 6) is 1.16. The van der Waals surface area contributed by atoms with Crippen molar-refractivity contribution in [3.8, 4) is 10.6 Å². The van der Waals surface area contributed by atoms with Crippen molar-refractivity contribution in [2.75, 3.05) is 13.1 Å². The van der Waals surface area contributed by atoms with Crippen LogP contribution in [0.2, 0.25) is 0 Å². The van der Waals surface area contributed by atoms with E-state index in [-0.39, 0.29) is 11.5 Å². The van der Waals surface area contributed by atoms with Gasteiger partial charge < -0.3 is 9.88 Å². The quantitative estimate of drug-likeness (QED) is 0.467. The van der Waals surface area contributed by atoms with E-state index in [9.17, 15) is 9.59 Å². The van der Waals surface area contributed by atoms with Gasteiger partial charge in [0, 0.05) is 37.4 Å². The molecule has 7 nitrogen and oxygen atoms in total. The molecule has 0 saturated carbocycles. The van der Waals surface area contributed by atoms with Crippen LogP contribution in [-0.4, -0.2) is 44.1 Å². The second-order valence-electron chi connectivity index (χ2n) is 8.35. The van der Waals surface area contributed by atoms with Gasteiger partial charge in [0.05, 0.1) is 10.9 Å². The van der Waals surface area contributed by atoms with Gasteiger partial charge in [-0.05, 0) is 31.4 Å². The lowest BCUT2D eigenvalue weighted by molar-refractivity contribution is -0.132. The number of fused-ring (bicyclic) bond motifs is 1. The molecule has 1 N–H and O–H groups in total. The number of nitrogens with zero attached hydrogens (tertiary/aromatic N) is 4. The van der Waals surface area contributed by atoms with E-state index in [1.165, 1.54) is 0 Å². The molecular weight excluding hydrogens is 434 g/mol. The van der Waals surface area contributed by atoms with Crippen molar-refractivity contribution in [3.63, 3.8) is 0 Å². The number of benzene rings is 2. The first-order valence-electron chi connectivity index (χ1n) is 11.3. The number of para-hydroxylation sites is 1. The molecule has 3 heterocycles. The molecule has 8 heteroatoms. The molecule has 0 unspecified atom stereocenters. The van der Waals surface area contributed by atoms with Gasteiger partial charge in [0.15, 0.2) is 0 Å². The molecular formula is C25H25N5O2S. The zero-order chi connectivity index (χ0) is 22.6. The van der Waals surface area contributed by atoms with Gasteiger partial charge in [0.25, 0.3) is 5.56 Å². The van der Waals surface area contributed by atoms with Gasteiger partial charge >= 0.3 is 0 Å². The minimum Gasteiger partial charge on any atom is -0.343 e. The van der Waals surface area contributed by atoms with Gasteiger partial charge in [-0.1, -0.05) is 53.8 Å². The standard InChI is InChI=1S/C25H25N5O2S/c31-22(12-6-11-21-26-20-10-5-4-9-19(20)23(32)27-21)30-15-13-18(14-16-30)25-29-28-24(33-25)17-7-2-1-3-8-17/h1-5,7-10,18H,6,11-16H2,(H,26,27,32). The smallest absolute Gasteiger partial charge is 0.258 e. The molecule has 2 aromatic heterocycles. The topological polar surface area (TPSA) is 91.8 Å². The summed E-state index contributed by atoms with van der Waals surface area (Å²) in [4.78, 5) is 34.2. The monoisotopic (exact) mass is 459 g/mol. The molecule has 0 bridgehead atoms. The van der Waals surface area contributed by atoms with Crippen molar-refractivity contribution in [1.82, 2.24) is 25.1 Å². The predicted molar refractivity (Wildman–Crippen MR) is 129 cm³/mol. The highest BCUT2D eigenvalue weighted by atomic mass is 32.1. The van der Waals surface area contributed by atoms with Crippen molar-refractivity contribution < 1.29 is 4.79 Å². The van der Waals surface area contributed by atoms with Crippen molar-refractivity contribution in [1.29, 1.82) is 0 Å². The van der Waals surface area contributed by atoms with Gasteiger partial charge in [0.1, 0.15) is 15.8 Å². The van der Waals surface area contributed by atoms with E-state index in [0.29, 0.717) is 41.9 Å². The Bertz CT molecular complexity index is 1310. The summed E-state index contributed by atoms with van der Waals surface area (Å²) in [6.07, 6.45) is 3.52. The number of carbonyl (C=O) groups excluding carboxylic acids is 1. The third-order valence-electron chi connectivity index (χ3n) is 6.12. The van der Waals surface area contributed by atoms with E-state index in [2.05, 4.69) is 32.3 Å². The Labute approximate surface area is 195 Å². The lowest BCUT2D eigenvalue weighted by atomic mass is 9.97. The number of H-pyrrole nitrogens is 1. The first kappa shape index (κ1) is 21.5. The fourth-order valence-corrected chi connectivity index (χ4v) is 5.31. The Morgan fingerprint density at radius 2 is 1.79 bits per heavy atom. The third-order valence-corrected chi connectivity index (χ3v) is 7.26. The van der Waals surface area contributed by atoms with Gasteiger partial charge in [-0.2, -0.15) is 0 Å². The average Bonchev–Trinajstić information content (AvgIpc) is 3.35. The molecule has 5 rings (SSSR count). The Morgan fingerprint density at radius 1 is 1.03 bits per heavy atom. The van der Waals surface area contributed by atoms with E-state index in [4.69, 9.17) is 0 Å². The Hall–Kier alpha value is -3.39. The number of aromatic nitrogens is 4. The van der Waals surface area contributed by atoms with Crippen molar-refractivity contribution in [2.24, 2.45) is 0 Å². The fraction of sp³-hybridized carbons (Fsp3) is 0.320. The summed E-state index contributed by atoms with van der Waals surface area (Å²) in [5, 5.41) is 11.4. The average molecular weight is 460 g/mol. The fourth-order valence-electron chi connectivity index (χ4n) is 4.29. The van der Waals surface area contributed by atoms with Crippen LogP contribution >= 0.6 is 11.3 Å². The minimum absolute atomic E-state index is 0.129. The van der Waals surface area contributed by atoms with E-state index < -0.39 is 0 Å². The lowest BCUT2D eigenvalue weighted by Gasteiger charge is -2.31. The number of rotatable bonds is 6. The largest absolute Gasteiger partial charge is 0.343 e. The van der Waals surface area contributed by atoms with Crippen molar-refractivity contribution >= 4 is 28.1 Å². The summed E-state index contributed by atoms with van der Waals surface area (Å²) in [6, 6.07) is 17.4. The molecule has 168 valence electrons. The summed E-state index contributed by atoms with van der Waals surface area (Å²) in [5.41, 5.74) is 1.66. The minimum atomic E-state index is -0.129. The van der Waals surface area contributed by atoms with Crippen LogP contribution in [0.3, 0.4) is 0 Å². The number of aromatic amines is 1. The number of carbonyl (C=O) groups is 1. The highest BCUT2D eigenvalue weighted by Crippen LogP contribution is 2.33. The summed E-state index contributed by atoms with van der Waals surface area (Å²) in [7, 11) is 0. The molecule has 0 atom stereocenters. The van der Waals surface area contributed by atoms with Crippen LogP contribution < -0.4 is 5.56 Å². The van der Waals surface area contributed by atoms with Crippen LogP contribution in [-0.2, 0) is 11.2 Å². The Kier molecular flexibility index (Phi) is 6.26. The Morgan fingerprint density at radius 3 is 2.61 bits per heavy atom. The molecule has 33 heavy (non-hydrogen) atoms. The van der Waals surface area contributed by atoms with Crippen LogP contribution in [0.4, 0.5) is 0 Å². The maximum absolute atomic E-state index is 12.7. The maximum Gasteiger partial charge on any atom is 0.258 e. The number of nitrogens with one attached hydrogen (secondary N) is 1. The Balaban J connectivity index is 1.12. The van der Waals surface area contributed by atoms with Crippen molar-refractivity contribution in [2.45, 2.75) is 38.0 Å². The molecule has 1 fully saturated rings. The van der Waals surface area contributed by atoms with Gasteiger partial charge in [-0.3, -0.25) is 9.59 Å². The first-order valence-corrected chi connectivity index (χ1v) is 12.1. The zero-order valence-electron chi connectivity index (χ0n) is 18.2. The molecule has 1 aliphatic rings. The van der Waals surface area contributed by atoms with Crippen molar-refractivity contribution in [3.05, 3.63) is 75.8 Å². The first-order chi connectivity index (χ1) is 16.2. The van der Waals surface area contributed by atoms with Gasteiger partial charge in [-0.15, -0.1) is 10.2 Å². The van der Waals surface area contributed by atoms with Crippen LogP contribution in [0.25, 0.3) is 21.5 Å². The molecule has 1 amide bonds. The number of hydrogen-bond acceptors (Lipinski definition) is 6. The molecule has 0 aliphatic carbocycles. The highest BCUT2D eigenvalue weighted by Gasteiger charge is 2.26. The number of amides is 1. The van der Waals surface area contributed by atoms with Crippen LogP contribution in [0.5, 0.6) is 0 Å². The second kappa shape index (κ2) is 9.62. The van der Waals surface area contributed by atoms with E-state index in [1.54, 1.807) is 17.4 Å². The van der Waals surface area contributed by atoms with E-state index >= 15 is 0 Å². The highest BCUT2D eigenvalue weighted by molar-refractivity contribution is 7.14. The zero-order valence-corrected chi connectivity index (χ0v) is 19.1. The normalized spacial score (nSPS) is 14.6. The van der Waals surface area contributed by atoms with E-state index in [1.807, 2.05) is 41.3 Å². The molecule has 1 saturated heterocycles. The lowest BCUT2D eigenvalue weighted by Crippen LogP contribution is -2.37. The molecule has 0 radical (unpaired) electrons. The summed E-state index contributed by atoms with van der Waals surface area (Å²) >= 11 is 1.65.